The Labute approximate surface area is 212 Å². The average molecular weight is 546 g/mol. The van der Waals surface area contributed by atoms with E-state index in [0.29, 0.717) is 17.2 Å². The van der Waals surface area contributed by atoms with Crippen LogP contribution in [0.5, 0.6) is 0 Å². The maximum Gasteiger partial charge on any atom is 0.242 e. The van der Waals surface area contributed by atoms with Gasteiger partial charge >= 0.3 is 0 Å². The third-order valence-electron chi connectivity index (χ3n) is 5.22. The molecule has 172 valence electrons. The lowest BCUT2D eigenvalue weighted by molar-refractivity contribution is -0.139. The second-order valence-electron chi connectivity index (χ2n) is 7.55. The standard InChI is InChI=1S/C26H26BrClN2O2S/c1-29-26(32)24(15-19-7-3-2-4-8-19)30(16-21-9-5-6-10-23(21)28)25(31)18-33-17-20-11-13-22(27)14-12-20/h2-14,24H,15-18H2,1H3,(H,29,32)/t24-/m1/s1. The van der Waals surface area contributed by atoms with Crippen molar-refractivity contribution in [2.24, 2.45) is 0 Å². The number of hydrogen-bond donors (Lipinski definition) is 1. The van der Waals surface area contributed by atoms with Gasteiger partial charge in [-0.15, -0.1) is 11.8 Å². The van der Waals surface area contributed by atoms with Gasteiger partial charge in [-0.05, 0) is 34.9 Å². The zero-order valence-corrected chi connectivity index (χ0v) is 21.5. The molecule has 4 nitrogen and oxygen atoms in total. The molecule has 0 aliphatic heterocycles. The molecule has 0 saturated carbocycles. The van der Waals surface area contributed by atoms with Crippen LogP contribution in [0.4, 0.5) is 0 Å². The monoisotopic (exact) mass is 544 g/mol. The van der Waals surface area contributed by atoms with Crippen LogP contribution in [0.2, 0.25) is 5.02 Å². The Morgan fingerprint density at radius 1 is 0.970 bits per heavy atom. The molecule has 0 aromatic heterocycles. The third kappa shape index (κ3) is 7.63. The minimum Gasteiger partial charge on any atom is -0.357 e. The summed E-state index contributed by atoms with van der Waals surface area (Å²) in [5.41, 5.74) is 2.94. The highest BCUT2D eigenvalue weighted by atomic mass is 79.9. The van der Waals surface area contributed by atoms with Crippen LogP contribution < -0.4 is 5.32 Å². The summed E-state index contributed by atoms with van der Waals surface area (Å²) in [4.78, 5) is 28.0. The van der Waals surface area contributed by atoms with Crippen LogP contribution in [0.25, 0.3) is 0 Å². The van der Waals surface area contributed by atoms with Crippen LogP contribution >= 0.6 is 39.3 Å². The van der Waals surface area contributed by atoms with Crippen molar-refractivity contribution >= 4 is 51.1 Å². The normalized spacial score (nSPS) is 11.6. The number of carbonyl (C=O) groups is 2. The van der Waals surface area contributed by atoms with Gasteiger partial charge < -0.3 is 10.2 Å². The number of benzene rings is 3. The lowest BCUT2D eigenvalue weighted by Gasteiger charge is -2.31. The molecular weight excluding hydrogens is 520 g/mol. The predicted molar refractivity (Wildman–Crippen MR) is 140 cm³/mol. The largest absolute Gasteiger partial charge is 0.357 e. The Balaban J connectivity index is 1.81. The molecule has 0 saturated heterocycles. The van der Waals surface area contributed by atoms with Crippen molar-refractivity contribution in [2.45, 2.75) is 24.8 Å². The third-order valence-corrected chi connectivity index (χ3v) is 7.11. The Kier molecular flexibility index (Phi) is 9.85. The van der Waals surface area contributed by atoms with Crippen molar-refractivity contribution in [1.29, 1.82) is 0 Å². The summed E-state index contributed by atoms with van der Waals surface area (Å²) in [5.74, 6) is 0.684. The van der Waals surface area contributed by atoms with Crippen molar-refractivity contribution in [3.8, 4) is 0 Å². The highest BCUT2D eigenvalue weighted by Crippen LogP contribution is 2.22. The van der Waals surface area contributed by atoms with E-state index in [2.05, 4.69) is 21.2 Å². The topological polar surface area (TPSA) is 49.4 Å². The van der Waals surface area contributed by atoms with Crippen LogP contribution in [0, 0.1) is 0 Å². The second kappa shape index (κ2) is 12.8. The maximum atomic E-state index is 13.4. The van der Waals surface area contributed by atoms with Crippen molar-refractivity contribution < 1.29 is 9.59 Å². The first-order chi connectivity index (χ1) is 16.0. The van der Waals surface area contributed by atoms with Crippen LogP contribution in [-0.2, 0) is 28.3 Å². The minimum atomic E-state index is -0.644. The van der Waals surface area contributed by atoms with Gasteiger partial charge in [0.1, 0.15) is 6.04 Å². The first kappa shape index (κ1) is 25.3. The SMILES string of the molecule is CNC(=O)[C@@H](Cc1ccccc1)N(Cc1ccccc1Cl)C(=O)CSCc1ccc(Br)cc1. The quantitative estimate of drug-likeness (QED) is 0.354. The molecule has 3 rings (SSSR count). The number of thioether (sulfide) groups is 1. The number of carbonyl (C=O) groups excluding carboxylic acids is 2. The molecule has 0 aliphatic rings. The summed E-state index contributed by atoms with van der Waals surface area (Å²) in [7, 11) is 1.60. The van der Waals surface area contributed by atoms with Crippen LogP contribution in [0.3, 0.4) is 0 Å². The molecule has 0 fully saturated rings. The Morgan fingerprint density at radius 3 is 2.30 bits per heavy atom. The first-order valence-corrected chi connectivity index (χ1v) is 12.9. The molecule has 0 radical (unpaired) electrons. The van der Waals surface area contributed by atoms with Gasteiger partial charge in [0.25, 0.3) is 0 Å². The molecule has 7 heteroatoms. The second-order valence-corrected chi connectivity index (χ2v) is 9.86. The van der Waals surface area contributed by atoms with Crippen LogP contribution in [0.15, 0.2) is 83.3 Å². The molecule has 3 aromatic rings. The Morgan fingerprint density at radius 2 is 1.64 bits per heavy atom. The van der Waals surface area contributed by atoms with Gasteiger partial charge in [-0.2, -0.15) is 0 Å². The molecule has 33 heavy (non-hydrogen) atoms. The molecular formula is C26H26BrClN2O2S. The number of amides is 2. The molecule has 0 bridgehead atoms. The summed E-state index contributed by atoms with van der Waals surface area (Å²) in [6, 6.07) is 24.6. The van der Waals surface area contributed by atoms with Gasteiger partial charge in [0.15, 0.2) is 0 Å². The number of likely N-dealkylation sites (N-methyl/N-ethyl adjacent to an activating group) is 1. The number of nitrogens with zero attached hydrogens (tertiary/aromatic N) is 1. The van der Waals surface area contributed by atoms with Crippen molar-refractivity contribution in [3.63, 3.8) is 0 Å². The van der Waals surface area contributed by atoms with Crippen LogP contribution in [-0.4, -0.2) is 35.6 Å². The lowest BCUT2D eigenvalue weighted by atomic mass is 10.0. The summed E-state index contributed by atoms with van der Waals surface area (Å²) in [5, 5.41) is 3.31. The zero-order valence-electron chi connectivity index (χ0n) is 18.3. The summed E-state index contributed by atoms with van der Waals surface area (Å²) in [6.07, 6.45) is 0.425. The first-order valence-electron chi connectivity index (χ1n) is 10.6. The number of nitrogens with one attached hydrogen (secondary N) is 1. The maximum absolute atomic E-state index is 13.4. The fraction of sp³-hybridized carbons (Fsp3) is 0.231. The van der Waals surface area contributed by atoms with Gasteiger partial charge in [-0.25, -0.2) is 0 Å². The Bertz CT molecular complexity index is 1060. The van der Waals surface area contributed by atoms with E-state index in [0.717, 1.165) is 21.2 Å². The molecule has 0 aliphatic carbocycles. The van der Waals surface area contributed by atoms with Gasteiger partial charge in [0, 0.05) is 35.3 Å². The minimum absolute atomic E-state index is 0.0958. The van der Waals surface area contributed by atoms with E-state index in [-0.39, 0.29) is 24.1 Å². The Hall–Kier alpha value is -2.28. The molecule has 0 spiro atoms. The van der Waals surface area contributed by atoms with E-state index in [1.165, 1.54) is 11.8 Å². The zero-order chi connectivity index (χ0) is 23.6. The van der Waals surface area contributed by atoms with E-state index < -0.39 is 6.04 Å². The van der Waals surface area contributed by atoms with Gasteiger partial charge in [-0.3, -0.25) is 9.59 Å². The molecule has 2 amide bonds. The molecule has 0 heterocycles. The van der Waals surface area contributed by atoms with Crippen LogP contribution in [0.1, 0.15) is 16.7 Å². The smallest absolute Gasteiger partial charge is 0.242 e. The lowest BCUT2D eigenvalue weighted by Crippen LogP contribution is -2.50. The van der Waals surface area contributed by atoms with E-state index in [1.807, 2.05) is 72.8 Å². The van der Waals surface area contributed by atoms with Gasteiger partial charge in [0.2, 0.25) is 11.8 Å². The van der Waals surface area contributed by atoms with Gasteiger partial charge in [0.05, 0.1) is 5.75 Å². The average Bonchev–Trinajstić information content (AvgIpc) is 2.83. The highest BCUT2D eigenvalue weighted by Gasteiger charge is 2.30. The van der Waals surface area contributed by atoms with Crippen molar-refractivity contribution in [2.75, 3.05) is 12.8 Å². The molecule has 0 unspecified atom stereocenters. The highest BCUT2D eigenvalue weighted by molar-refractivity contribution is 9.10. The van der Waals surface area contributed by atoms with E-state index >= 15 is 0 Å². The summed E-state index contributed by atoms with van der Waals surface area (Å²) in [6.45, 7) is 0.266. The number of halogens is 2. The summed E-state index contributed by atoms with van der Waals surface area (Å²) >= 11 is 11.4. The fourth-order valence-corrected chi connectivity index (χ4v) is 4.78. The summed E-state index contributed by atoms with van der Waals surface area (Å²) < 4.78 is 1.02. The fourth-order valence-electron chi connectivity index (χ4n) is 3.45. The van der Waals surface area contributed by atoms with Crippen molar-refractivity contribution in [1.82, 2.24) is 10.2 Å². The van der Waals surface area contributed by atoms with Gasteiger partial charge in [-0.1, -0.05) is 88.2 Å². The van der Waals surface area contributed by atoms with E-state index in [9.17, 15) is 9.59 Å². The number of hydrogen-bond acceptors (Lipinski definition) is 3. The molecule has 3 aromatic carbocycles. The van der Waals surface area contributed by atoms with Crippen molar-refractivity contribution in [3.05, 3.63) is 105 Å². The number of rotatable bonds is 10. The van der Waals surface area contributed by atoms with E-state index in [4.69, 9.17) is 11.6 Å². The molecule has 1 N–H and O–H groups in total. The molecule has 1 atom stereocenters. The predicted octanol–water partition coefficient (Wildman–Crippen LogP) is 5.72. The van der Waals surface area contributed by atoms with E-state index in [1.54, 1.807) is 18.0 Å².